The van der Waals surface area contributed by atoms with E-state index in [1.165, 1.54) is 0 Å². The molecule has 8 heteroatoms. The summed E-state index contributed by atoms with van der Waals surface area (Å²) < 4.78 is 7.12. The molecule has 2 N–H and O–H groups in total. The lowest BCUT2D eigenvalue weighted by molar-refractivity contribution is -0.0392. The van der Waals surface area contributed by atoms with Crippen LogP contribution in [0.4, 0.5) is 5.69 Å². The number of nitrogens with one attached hydrogen (secondary N) is 2. The van der Waals surface area contributed by atoms with Crippen molar-refractivity contribution in [3.8, 4) is 11.1 Å². The second kappa shape index (κ2) is 8.37. The number of nitrogens with zero attached hydrogens (tertiary/aromatic N) is 3. The summed E-state index contributed by atoms with van der Waals surface area (Å²) in [5.41, 5.74) is 7.98. The molecule has 8 nitrogen and oxygen atoms in total. The molecule has 0 radical (unpaired) electrons. The van der Waals surface area contributed by atoms with Gasteiger partial charge >= 0.3 is 0 Å². The SMILES string of the molecule is Cc1cc2c(cn1)cc(-c1cc(NC3=NC(C4CCOCC4)ON3)ccc1C)c(=O)n2C. The van der Waals surface area contributed by atoms with Gasteiger partial charge in [0.25, 0.3) is 5.56 Å². The van der Waals surface area contributed by atoms with Gasteiger partial charge in [-0.05, 0) is 62.1 Å². The van der Waals surface area contributed by atoms with Crippen molar-refractivity contribution in [2.24, 2.45) is 18.0 Å². The lowest BCUT2D eigenvalue weighted by Gasteiger charge is -2.23. The smallest absolute Gasteiger partial charge is 0.258 e. The van der Waals surface area contributed by atoms with E-state index in [1.807, 2.05) is 50.4 Å². The number of anilines is 1. The quantitative estimate of drug-likeness (QED) is 0.659. The van der Waals surface area contributed by atoms with E-state index in [0.717, 1.165) is 59.5 Å². The molecule has 0 amide bonds. The Morgan fingerprint density at radius 2 is 1.94 bits per heavy atom. The number of guanidine groups is 1. The zero-order chi connectivity index (χ0) is 22.2. The largest absolute Gasteiger partial charge is 0.381 e. The fraction of sp³-hybridized carbons (Fsp3) is 0.375. The number of hydrogen-bond donors (Lipinski definition) is 2. The second-order valence-electron chi connectivity index (χ2n) is 8.50. The lowest BCUT2D eigenvalue weighted by atomic mass is 9.99. The van der Waals surface area contributed by atoms with Crippen LogP contribution >= 0.6 is 0 Å². The van der Waals surface area contributed by atoms with Crippen LogP contribution in [0.3, 0.4) is 0 Å². The Hall–Kier alpha value is -3.23. The molecule has 1 unspecified atom stereocenters. The minimum Gasteiger partial charge on any atom is -0.381 e. The van der Waals surface area contributed by atoms with E-state index in [-0.39, 0.29) is 11.8 Å². The summed E-state index contributed by atoms with van der Waals surface area (Å²) in [5.74, 6) is 0.921. The highest BCUT2D eigenvalue weighted by molar-refractivity contribution is 5.94. The van der Waals surface area contributed by atoms with E-state index < -0.39 is 0 Å². The Bertz CT molecular complexity index is 1260. The number of aromatic nitrogens is 2. The number of ether oxygens (including phenoxy) is 1. The lowest BCUT2D eigenvalue weighted by Crippen LogP contribution is -2.29. The van der Waals surface area contributed by atoms with Crippen LogP contribution in [0.1, 0.15) is 24.1 Å². The highest BCUT2D eigenvalue weighted by Crippen LogP contribution is 2.28. The van der Waals surface area contributed by atoms with Gasteiger partial charge in [0.15, 0.2) is 6.23 Å². The van der Waals surface area contributed by atoms with Gasteiger partial charge in [-0.1, -0.05) is 6.07 Å². The van der Waals surface area contributed by atoms with Crippen molar-refractivity contribution in [1.29, 1.82) is 0 Å². The van der Waals surface area contributed by atoms with Gasteiger partial charge in [-0.2, -0.15) is 0 Å². The van der Waals surface area contributed by atoms with Gasteiger partial charge < -0.3 is 14.6 Å². The Balaban J connectivity index is 1.45. The van der Waals surface area contributed by atoms with Crippen LogP contribution in [0.5, 0.6) is 0 Å². The first-order valence-corrected chi connectivity index (χ1v) is 10.9. The minimum atomic E-state index is -0.213. The number of hydroxylamine groups is 1. The van der Waals surface area contributed by atoms with Crippen LogP contribution in [0.15, 0.2) is 46.3 Å². The molecule has 1 atom stereocenters. The number of rotatable bonds is 3. The first kappa shape index (κ1) is 20.7. The topological polar surface area (TPSA) is 89.8 Å². The Morgan fingerprint density at radius 1 is 1.12 bits per heavy atom. The average molecular weight is 434 g/mol. The third kappa shape index (κ3) is 3.87. The molecule has 1 aromatic carbocycles. The van der Waals surface area contributed by atoms with E-state index in [1.54, 1.807) is 11.6 Å². The van der Waals surface area contributed by atoms with Crippen molar-refractivity contribution >= 4 is 22.5 Å². The number of fused-ring (bicyclic) bond motifs is 1. The molecule has 0 saturated carbocycles. The molecule has 4 heterocycles. The van der Waals surface area contributed by atoms with Crippen LogP contribution < -0.4 is 16.4 Å². The average Bonchev–Trinajstić information content (AvgIpc) is 3.27. The van der Waals surface area contributed by atoms with Crippen molar-refractivity contribution in [2.75, 3.05) is 18.5 Å². The molecule has 1 saturated heterocycles. The fourth-order valence-corrected chi connectivity index (χ4v) is 4.34. The second-order valence-corrected chi connectivity index (χ2v) is 8.50. The van der Waals surface area contributed by atoms with E-state index in [0.29, 0.717) is 17.4 Å². The zero-order valence-corrected chi connectivity index (χ0v) is 18.5. The first-order valence-electron chi connectivity index (χ1n) is 10.9. The molecule has 32 heavy (non-hydrogen) atoms. The van der Waals surface area contributed by atoms with Crippen LogP contribution in [-0.2, 0) is 16.6 Å². The number of aliphatic imine (C=N–C) groups is 1. The monoisotopic (exact) mass is 433 g/mol. The van der Waals surface area contributed by atoms with Gasteiger partial charge in [0, 0.05) is 54.7 Å². The van der Waals surface area contributed by atoms with Crippen molar-refractivity contribution in [2.45, 2.75) is 32.9 Å². The van der Waals surface area contributed by atoms with Crippen molar-refractivity contribution in [1.82, 2.24) is 15.0 Å². The number of aryl methyl sites for hydroxylation is 3. The summed E-state index contributed by atoms with van der Waals surface area (Å²) in [4.78, 5) is 27.9. The molecule has 5 rings (SSSR count). The molecule has 0 aliphatic carbocycles. The maximum absolute atomic E-state index is 13.2. The first-order chi connectivity index (χ1) is 15.5. The van der Waals surface area contributed by atoms with Gasteiger partial charge in [0.2, 0.25) is 5.96 Å². The Labute approximate surface area is 186 Å². The van der Waals surface area contributed by atoms with E-state index >= 15 is 0 Å². The van der Waals surface area contributed by atoms with E-state index in [9.17, 15) is 4.79 Å². The molecule has 0 bridgehead atoms. The maximum Gasteiger partial charge on any atom is 0.258 e. The molecule has 2 aliphatic rings. The van der Waals surface area contributed by atoms with Crippen molar-refractivity contribution < 1.29 is 9.57 Å². The van der Waals surface area contributed by atoms with Gasteiger partial charge in [-0.25, -0.2) is 15.3 Å². The number of benzene rings is 1. The zero-order valence-electron chi connectivity index (χ0n) is 18.5. The predicted molar refractivity (Wildman–Crippen MR) is 125 cm³/mol. The summed E-state index contributed by atoms with van der Waals surface area (Å²) in [6.07, 6.45) is 3.49. The van der Waals surface area contributed by atoms with Gasteiger partial charge in [0.05, 0.1) is 5.52 Å². The summed E-state index contributed by atoms with van der Waals surface area (Å²) in [6, 6.07) is 9.81. The highest BCUT2D eigenvalue weighted by Gasteiger charge is 2.29. The number of pyridine rings is 2. The van der Waals surface area contributed by atoms with Crippen molar-refractivity contribution in [3.63, 3.8) is 0 Å². The van der Waals surface area contributed by atoms with Crippen LogP contribution in [0.25, 0.3) is 22.0 Å². The summed E-state index contributed by atoms with van der Waals surface area (Å²) in [6.45, 7) is 5.43. The van der Waals surface area contributed by atoms with Crippen molar-refractivity contribution in [3.05, 3.63) is 58.1 Å². The van der Waals surface area contributed by atoms with Gasteiger partial charge in [0.1, 0.15) is 0 Å². The Kier molecular flexibility index (Phi) is 5.40. The molecular formula is C24H27N5O3. The normalized spacial score (nSPS) is 19.1. The maximum atomic E-state index is 13.2. The molecule has 3 aromatic rings. The summed E-state index contributed by atoms with van der Waals surface area (Å²) >= 11 is 0. The van der Waals surface area contributed by atoms with E-state index in [4.69, 9.17) is 9.57 Å². The predicted octanol–water partition coefficient (Wildman–Crippen LogP) is 3.27. The molecule has 166 valence electrons. The summed E-state index contributed by atoms with van der Waals surface area (Å²) in [5, 5.41) is 4.22. The molecule has 2 aliphatic heterocycles. The van der Waals surface area contributed by atoms with Gasteiger partial charge in [-0.15, -0.1) is 0 Å². The summed E-state index contributed by atoms with van der Waals surface area (Å²) in [7, 11) is 1.80. The van der Waals surface area contributed by atoms with E-state index in [2.05, 4.69) is 20.8 Å². The van der Waals surface area contributed by atoms with Crippen LogP contribution in [0, 0.1) is 19.8 Å². The third-order valence-corrected chi connectivity index (χ3v) is 6.24. The van der Waals surface area contributed by atoms with Gasteiger partial charge in [-0.3, -0.25) is 9.78 Å². The molecule has 1 fully saturated rings. The third-order valence-electron chi connectivity index (χ3n) is 6.24. The molecular weight excluding hydrogens is 406 g/mol. The molecule has 2 aromatic heterocycles. The van der Waals surface area contributed by atoms with Crippen LogP contribution in [-0.4, -0.2) is 35.0 Å². The Morgan fingerprint density at radius 3 is 2.75 bits per heavy atom. The fourth-order valence-electron chi connectivity index (χ4n) is 4.34. The number of hydrogen-bond acceptors (Lipinski definition) is 7. The highest BCUT2D eigenvalue weighted by atomic mass is 16.7. The van der Waals surface area contributed by atoms with Crippen LogP contribution in [0.2, 0.25) is 0 Å². The molecule has 0 spiro atoms. The standard InChI is InChI=1S/C24H27N5O3/c1-14-4-5-18(26-24-27-22(32-28-24)16-6-8-31-9-7-16)12-19(14)20-11-17-13-25-15(2)10-21(17)29(3)23(20)30/h4-5,10-13,16,22H,6-9H2,1-3H3,(H2,26,27,28). The minimum absolute atomic E-state index is 0.0393.